The van der Waals surface area contributed by atoms with Gasteiger partial charge in [0.05, 0.1) is 31.4 Å². The molecule has 2 aliphatic rings. The summed E-state index contributed by atoms with van der Waals surface area (Å²) in [5, 5.41) is 33.1. The van der Waals surface area contributed by atoms with Crippen molar-refractivity contribution < 1.29 is 42.7 Å². The fourth-order valence-electron chi connectivity index (χ4n) is 3.32. The van der Waals surface area contributed by atoms with Crippen LogP contribution in [0.1, 0.15) is 11.4 Å². The first kappa shape index (κ1) is 22.1. The molecule has 11 nitrogen and oxygen atoms in total. The number of anilines is 1. The summed E-state index contributed by atoms with van der Waals surface area (Å²) in [7, 11) is 0. The van der Waals surface area contributed by atoms with Gasteiger partial charge in [0, 0.05) is 0 Å². The molecule has 2 bridgehead atoms. The summed E-state index contributed by atoms with van der Waals surface area (Å²) in [4.78, 5) is 14.8. The Kier molecular flexibility index (Phi) is 5.62. The Morgan fingerprint density at radius 2 is 2.03 bits per heavy atom. The van der Waals surface area contributed by atoms with Gasteiger partial charge in [-0.05, 0) is 0 Å². The number of nitrogens with one attached hydrogen (secondary N) is 1. The Morgan fingerprint density at radius 3 is 2.69 bits per heavy atom. The summed E-state index contributed by atoms with van der Waals surface area (Å²) in [6.45, 7) is 2.88. The van der Waals surface area contributed by atoms with Crippen molar-refractivity contribution in [2.24, 2.45) is 0 Å². The monoisotopic (exact) mass is 457 g/mol. The SMILES string of the molecule is C=C(O)c1cnc(OC[C@@]23CO[C@@H](O2)[C@H](Nc2cncc(C(F)(F)F)n2)[C@@H](O)[C@H]3O)cn1. The smallest absolute Gasteiger partial charge is 0.434 e. The second kappa shape index (κ2) is 8.12. The van der Waals surface area contributed by atoms with Crippen molar-refractivity contribution in [3.05, 3.63) is 42.8 Å². The van der Waals surface area contributed by atoms with Crippen LogP contribution in [0.3, 0.4) is 0 Å². The van der Waals surface area contributed by atoms with Crippen LogP contribution in [0.4, 0.5) is 19.0 Å². The molecule has 0 unspecified atom stereocenters. The highest BCUT2D eigenvalue weighted by atomic mass is 19.4. The lowest BCUT2D eigenvalue weighted by atomic mass is 9.88. The maximum Gasteiger partial charge on any atom is 0.434 e. The molecule has 4 heterocycles. The Morgan fingerprint density at radius 1 is 1.25 bits per heavy atom. The molecule has 2 aromatic heterocycles. The van der Waals surface area contributed by atoms with E-state index in [1.807, 2.05) is 0 Å². The summed E-state index contributed by atoms with van der Waals surface area (Å²) >= 11 is 0. The van der Waals surface area contributed by atoms with Gasteiger partial charge in [-0.3, -0.25) is 4.98 Å². The van der Waals surface area contributed by atoms with E-state index in [0.717, 1.165) is 6.20 Å². The van der Waals surface area contributed by atoms with Crippen LogP contribution in [-0.2, 0) is 15.7 Å². The highest BCUT2D eigenvalue weighted by Gasteiger charge is 2.60. The quantitative estimate of drug-likeness (QED) is 0.449. The number of rotatable bonds is 6. The van der Waals surface area contributed by atoms with Gasteiger partial charge in [-0.1, -0.05) is 6.58 Å². The zero-order valence-corrected chi connectivity index (χ0v) is 16.2. The number of fused-ring (bicyclic) bond motifs is 2. The van der Waals surface area contributed by atoms with E-state index in [1.54, 1.807) is 0 Å². The number of aliphatic hydroxyl groups is 3. The molecule has 0 amide bonds. The van der Waals surface area contributed by atoms with Crippen molar-refractivity contribution in [1.29, 1.82) is 0 Å². The summed E-state index contributed by atoms with van der Waals surface area (Å²) in [6.07, 6.45) is -4.78. The molecule has 0 aliphatic carbocycles. The molecule has 172 valence electrons. The molecular weight excluding hydrogens is 439 g/mol. The lowest BCUT2D eigenvalue weighted by molar-refractivity contribution is -0.222. The van der Waals surface area contributed by atoms with Crippen molar-refractivity contribution in [2.45, 2.75) is 36.3 Å². The highest BCUT2D eigenvalue weighted by Crippen LogP contribution is 2.38. The summed E-state index contributed by atoms with van der Waals surface area (Å²) in [5.74, 6) is -0.495. The minimum atomic E-state index is -4.70. The van der Waals surface area contributed by atoms with E-state index < -0.39 is 42.0 Å². The number of aliphatic hydroxyl groups excluding tert-OH is 3. The van der Waals surface area contributed by atoms with Gasteiger partial charge in [-0.25, -0.2) is 15.0 Å². The van der Waals surface area contributed by atoms with E-state index in [1.165, 1.54) is 12.4 Å². The second-order valence-corrected chi connectivity index (χ2v) is 7.23. The maximum atomic E-state index is 12.9. The van der Waals surface area contributed by atoms with Gasteiger partial charge < -0.3 is 34.8 Å². The molecule has 5 atom stereocenters. The average molecular weight is 457 g/mol. The lowest BCUT2D eigenvalue weighted by Gasteiger charge is -2.42. The predicted molar refractivity (Wildman–Crippen MR) is 99.2 cm³/mol. The van der Waals surface area contributed by atoms with Crippen LogP contribution in [0.25, 0.3) is 5.76 Å². The van der Waals surface area contributed by atoms with E-state index >= 15 is 0 Å². The fourth-order valence-corrected chi connectivity index (χ4v) is 3.32. The van der Waals surface area contributed by atoms with Gasteiger partial charge in [0.2, 0.25) is 5.88 Å². The van der Waals surface area contributed by atoms with Crippen molar-refractivity contribution in [3.8, 4) is 5.88 Å². The third-order valence-electron chi connectivity index (χ3n) is 4.99. The molecule has 4 N–H and O–H groups in total. The third kappa shape index (κ3) is 4.17. The van der Waals surface area contributed by atoms with Crippen LogP contribution in [0.5, 0.6) is 5.88 Å². The average Bonchev–Trinajstić information content (AvgIpc) is 3.16. The Bertz CT molecular complexity index is 994. The third-order valence-corrected chi connectivity index (χ3v) is 4.99. The number of alkyl halides is 3. The van der Waals surface area contributed by atoms with Gasteiger partial charge in [-0.15, -0.1) is 0 Å². The molecule has 2 fully saturated rings. The maximum absolute atomic E-state index is 12.9. The largest absolute Gasteiger partial charge is 0.506 e. The summed E-state index contributed by atoms with van der Waals surface area (Å²) in [6, 6.07) is -1.13. The molecule has 4 rings (SSSR count). The van der Waals surface area contributed by atoms with Crippen LogP contribution in [0.2, 0.25) is 0 Å². The topological polar surface area (TPSA) is 152 Å². The molecule has 2 aliphatic heterocycles. The van der Waals surface area contributed by atoms with E-state index in [-0.39, 0.29) is 36.4 Å². The number of hydrogen-bond donors (Lipinski definition) is 4. The van der Waals surface area contributed by atoms with Crippen LogP contribution in [0.15, 0.2) is 31.4 Å². The molecule has 2 aromatic rings. The normalized spacial score (nSPS) is 29.5. The van der Waals surface area contributed by atoms with Crippen LogP contribution < -0.4 is 10.1 Å². The molecular formula is C18H18F3N5O6. The number of ether oxygens (including phenoxy) is 3. The Hall–Kier alpha value is -3.07. The predicted octanol–water partition coefficient (Wildman–Crippen LogP) is 0.521. The number of nitrogens with zero attached hydrogens (tertiary/aromatic N) is 4. The number of hydrogen-bond acceptors (Lipinski definition) is 11. The second-order valence-electron chi connectivity index (χ2n) is 7.23. The lowest BCUT2D eigenvalue weighted by Crippen LogP contribution is -2.64. The van der Waals surface area contributed by atoms with Gasteiger partial charge in [0.1, 0.15) is 42.1 Å². The van der Waals surface area contributed by atoms with Crippen molar-refractivity contribution in [1.82, 2.24) is 19.9 Å². The Balaban J connectivity index is 1.45. The van der Waals surface area contributed by atoms with Crippen LogP contribution >= 0.6 is 0 Å². The van der Waals surface area contributed by atoms with E-state index in [9.17, 15) is 28.5 Å². The van der Waals surface area contributed by atoms with Gasteiger partial charge in [-0.2, -0.15) is 13.2 Å². The van der Waals surface area contributed by atoms with Crippen molar-refractivity contribution >= 4 is 11.6 Å². The first-order valence-electron chi connectivity index (χ1n) is 9.23. The zero-order valence-electron chi connectivity index (χ0n) is 16.2. The first-order valence-corrected chi connectivity index (χ1v) is 9.23. The minimum Gasteiger partial charge on any atom is -0.506 e. The first-order chi connectivity index (χ1) is 15.1. The van der Waals surface area contributed by atoms with Crippen molar-refractivity contribution in [3.63, 3.8) is 0 Å². The van der Waals surface area contributed by atoms with E-state index in [2.05, 4.69) is 31.8 Å². The van der Waals surface area contributed by atoms with Gasteiger partial charge in [0.15, 0.2) is 17.6 Å². The molecule has 2 saturated heterocycles. The fraction of sp³-hybridized carbons (Fsp3) is 0.444. The molecule has 0 saturated carbocycles. The van der Waals surface area contributed by atoms with Gasteiger partial charge in [0.25, 0.3) is 0 Å². The molecule has 0 radical (unpaired) electrons. The number of aromatic nitrogens is 4. The standard InChI is InChI=1S/C18H18F3N5O6/c1-8(27)9-2-24-12(5-23-9)30-6-17-7-31-16(32-17)13(14(28)15(17)29)26-11-4-22-3-10(25-11)18(19,20)21/h2-5,13-16,27-29H,1,6-7H2,(H,25,26)/t13-,14-,15-,16+,17+/m1/s1. The molecule has 32 heavy (non-hydrogen) atoms. The molecule has 0 aromatic carbocycles. The van der Waals surface area contributed by atoms with Gasteiger partial charge >= 0.3 is 6.18 Å². The summed E-state index contributed by atoms with van der Waals surface area (Å²) < 4.78 is 55.3. The summed E-state index contributed by atoms with van der Waals surface area (Å²) in [5.41, 5.74) is -2.53. The Labute approximate surface area is 178 Å². The minimum absolute atomic E-state index is 0.0533. The molecule has 14 heteroatoms. The van der Waals surface area contributed by atoms with Crippen LogP contribution in [-0.4, -0.2) is 78.6 Å². The highest BCUT2D eigenvalue weighted by molar-refractivity contribution is 5.50. The number of halogens is 3. The van der Waals surface area contributed by atoms with Crippen molar-refractivity contribution in [2.75, 3.05) is 18.5 Å². The zero-order chi connectivity index (χ0) is 23.1. The van der Waals surface area contributed by atoms with E-state index in [0.29, 0.717) is 6.20 Å². The van der Waals surface area contributed by atoms with Crippen LogP contribution in [0, 0.1) is 0 Å². The van der Waals surface area contributed by atoms with E-state index in [4.69, 9.17) is 14.2 Å². The molecule has 0 spiro atoms.